The van der Waals surface area contributed by atoms with Crippen LogP contribution in [0.1, 0.15) is 26.2 Å². The lowest BCUT2D eigenvalue weighted by atomic mass is 10.1. The normalized spacial score (nSPS) is 17.4. The van der Waals surface area contributed by atoms with Gasteiger partial charge in [0, 0.05) is 26.1 Å². The standard InChI is InChI=1S/C12H24N2O3/c1-2-13-6-3-12(16)14-7-4-11(5-8-14)17-10-9-15/h11,13,15H,2-10H2,1H3. The molecule has 1 amide bonds. The first-order valence-corrected chi connectivity index (χ1v) is 6.49. The Morgan fingerprint density at radius 3 is 2.76 bits per heavy atom. The molecule has 0 aromatic carbocycles. The molecule has 17 heavy (non-hydrogen) atoms. The van der Waals surface area contributed by atoms with Gasteiger partial charge in [-0.25, -0.2) is 0 Å². The molecule has 1 aliphatic heterocycles. The molecule has 0 radical (unpaired) electrons. The largest absolute Gasteiger partial charge is 0.394 e. The summed E-state index contributed by atoms with van der Waals surface area (Å²) in [4.78, 5) is 13.7. The Kier molecular flexibility index (Phi) is 7.16. The van der Waals surface area contributed by atoms with Crippen LogP contribution in [0.25, 0.3) is 0 Å². The summed E-state index contributed by atoms with van der Waals surface area (Å²) in [5.74, 6) is 0.228. The molecule has 0 unspecified atom stereocenters. The van der Waals surface area contributed by atoms with E-state index in [4.69, 9.17) is 9.84 Å². The number of amides is 1. The molecule has 0 saturated carbocycles. The van der Waals surface area contributed by atoms with Gasteiger partial charge in [0.2, 0.25) is 5.91 Å². The number of rotatable bonds is 7. The molecule has 1 fully saturated rings. The van der Waals surface area contributed by atoms with Crippen molar-refractivity contribution in [2.45, 2.75) is 32.3 Å². The quantitative estimate of drug-likeness (QED) is 0.618. The summed E-state index contributed by atoms with van der Waals surface area (Å²) in [7, 11) is 0. The van der Waals surface area contributed by atoms with Crippen molar-refractivity contribution in [1.29, 1.82) is 0 Å². The molecule has 2 N–H and O–H groups in total. The zero-order valence-corrected chi connectivity index (χ0v) is 10.7. The summed E-state index contributed by atoms with van der Waals surface area (Å²) in [5.41, 5.74) is 0. The van der Waals surface area contributed by atoms with E-state index in [0.717, 1.165) is 39.0 Å². The van der Waals surface area contributed by atoms with Crippen LogP contribution >= 0.6 is 0 Å². The lowest BCUT2D eigenvalue weighted by Gasteiger charge is -2.32. The number of nitrogens with zero attached hydrogens (tertiary/aromatic N) is 1. The monoisotopic (exact) mass is 244 g/mol. The van der Waals surface area contributed by atoms with Crippen LogP contribution in [0.15, 0.2) is 0 Å². The zero-order valence-electron chi connectivity index (χ0n) is 10.7. The van der Waals surface area contributed by atoms with Crippen molar-refractivity contribution < 1.29 is 14.6 Å². The van der Waals surface area contributed by atoms with Crippen LogP contribution in [0, 0.1) is 0 Å². The van der Waals surface area contributed by atoms with Crippen molar-refractivity contribution in [3.05, 3.63) is 0 Å². The molecule has 5 heteroatoms. The van der Waals surface area contributed by atoms with E-state index in [1.54, 1.807) is 0 Å². The van der Waals surface area contributed by atoms with E-state index in [1.165, 1.54) is 0 Å². The zero-order chi connectivity index (χ0) is 12.5. The highest BCUT2D eigenvalue weighted by Crippen LogP contribution is 2.14. The molecule has 0 aliphatic carbocycles. The fourth-order valence-corrected chi connectivity index (χ4v) is 2.02. The number of hydrogen-bond acceptors (Lipinski definition) is 4. The van der Waals surface area contributed by atoms with E-state index in [1.807, 2.05) is 11.8 Å². The number of ether oxygens (including phenoxy) is 1. The third-order valence-electron chi connectivity index (χ3n) is 3.01. The van der Waals surface area contributed by atoms with E-state index in [2.05, 4.69) is 5.32 Å². The number of aliphatic hydroxyl groups excluding tert-OH is 1. The minimum absolute atomic E-state index is 0.0713. The van der Waals surface area contributed by atoms with Crippen molar-refractivity contribution in [2.75, 3.05) is 39.4 Å². The third-order valence-corrected chi connectivity index (χ3v) is 3.01. The molecule has 0 aromatic heterocycles. The van der Waals surface area contributed by atoms with Crippen molar-refractivity contribution in [3.63, 3.8) is 0 Å². The lowest BCUT2D eigenvalue weighted by Crippen LogP contribution is -2.41. The Morgan fingerprint density at radius 2 is 2.18 bits per heavy atom. The fourth-order valence-electron chi connectivity index (χ4n) is 2.02. The van der Waals surface area contributed by atoms with Gasteiger partial charge in [-0.1, -0.05) is 6.92 Å². The van der Waals surface area contributed by atoms with Crippen molar-refractivity contribution in [1.82, 2.24) is 10.2 Å². The van der Waals surface area contributed by atoms with Crippen LogP contribution in [0.2, 0.25) is 0 Å². The first kappa shape index (κ1) is 14.4. The molecule has 1 aliphatic rings. The van der Waals surface area contributed by atoms with Gasteiger partial charge in [0.25, 0.3) is 0 Å². The number of carbonyl (C=O) groups excluding carboxylic acids is 1. The smallest absolute Gasteiger partial charge is 0.223 e. The molecule has 1 saturated heterocycles. The molecule has 5 nitrogen and oxygen atoms in total. The van der Waals surface area contributed by atoms with E-state index in [-0.39, 0.29) is 18.6 Å². The van der Waals surface area contributed by atoms with Crippen LogP contribution in [-0.4, -0.2) is 61.4 Å². The van der Waals surface area contributed by atoms with Crippen LogP contribution < -0.4 is 5.32 Å². The highest BCUT2D eigenvalue weighted by Gasteiger charge is 2.22. The molecule has 100 valence electrons. The maximum atomic E-state index is 11.8. The summed E-state index contributed by atoms with van der Waals surface area (Å²) in [5, 5.41) is 11.8. The second kappa shape index (κ2) is 8.44. The Hall–Kier alpha value is -0.650. The third kappa shape index (κ3) is 5.48. The van der Waals surface area contributed by atoms with Crippen molar-refractivity contribution in [3.8, 4) is 0 Å². The van der Waals surface area contributed by atoms with Crippen LogP contribution in [0.4, 0.5) is 0 Å². The highest BCUT2D eigenvalue weighted by atomic mass is 16.5. The minimum Gasteiger partial charge on any atom is -0.394 e. The van der Waals surface area contributed by atoms with Gasteiger partial charge in [-0.05, 0) is 19.4 Å². The summed E-state index contributed by atoms with van der Waals surface area (Å²) >= 11 is 0. The maximum Gasteiger partial charge on any atom is 0.223 e. The summed E-state index contributed by atoms with van der Waals surface area (Å²) in [6, 6.07) is 0. The van der Waals surface area contributed by atoms with Crippen LogP contribution in [0.5, 0.6) is 0 Å². The van der Waals surface area contributed by atoms with Crippen molar-refractivity contribution in [2.24, 2.45) is 0 Å². The van der Waals surface area contributed by atoms with Gasteiger partial charge < -0.3 is 20.1 Å². The van der Waals surface area contributed by atoms with Gasteiger partial charge in [-0.15, -0.1) is 0 Å². The van der Waals surface area contributed by atoms with E-state index < -0.39 is 0 Å². The fraction of sp³-hybridized carbons (Fsp3) is 0.917. The number of carbonyl (C=O) groups is 1. The maximum absolute atomic E-state index is 11.8. The number of piperidine rings is 1. The molecule has 0 atom stereocenters. The van der Waals surface area contributed by atoms with E-state index in [0.29, 0.717) is 13.0 Å². The predicted molar refractivity (Wildman–Crippen MR) is 65.8 cm³/mol. The van der Waals surface area contributed by atoms with E-state index in [9.17, 15) is 4.79 Å². The molecule has 1 rings (SSSR count). The number of likely N-dealkylation sites (tertiary alicyclic amines) is 1. The van der Waals surface area contributed by atoms with Gasteiger partial charge in [0.15, 0.2) is 0 Å². The Morgan fingerprint density at radius 1 is 1.47 bits per heavy atom. The Labute approximate surface area is 103 Å². The minimum atomic E-state index is 0.0713. The average molecular weight is 244 g/mol. The number of hydrogen-bond donors (Lipinski definition) is 2. The first-order chi connectivity index (χ1) is 8.27. The number of nitrogens with one attached hydrogen (secondary N) is 1. The van der Waals surface area contributed by atoms with Gasteiger partial charge in [-0.3, -0.25) is 4.79 Å². The summed E-state index contributed by atoms with van der Waals surface area (Å²) in [6.45, 7) is 5.73. The van der Waals surface area contributed by atoms with Gasteiger partial charge in [0.05, 0.1) is 19.3 Å². The average Bonchev–Trinajstić information content (AvgIpc) is 2.37. The second-order valence-electron chi connectivity index (χ2n) is 4.28. The molecule has 0 aromatic rings. The van der Waals surface area contributed by atoms with Crippen LogP contribution in [-0.2, 0) is 9.53 Å². The molecule has 1 heterocycles. The molecule has 0 bridgehead atoms. The lowest BCUT2D eigenvalue weighted by molar-refractivity contribution is -0.133. The Bertz CT molecular complexity index is 216. The molecule has 0 spiro atoms. The highest BCUT2D eigenvalue weighted by molar-refractivity contribution is 5.76. The number of aliphatic hydroxyl groups is 1. The summed E-state index contributed by atoms with van der Waals surface area (Å²) in [6.07, 6.45) is 2.55. The first-order valence-electron chi connectivity index (χ1n) is 6.49. The summed E-state index contributed by atoms with van der Waals surface area (Å²) < 4.78 is 5.46. The molecular weight excluding hydrogens is 220 g/mol. The van der Waals surface area contributed by atoms with Gasteiger partial charge in [0.1, 0.15) is 0 Å². The topological polar surface area (TPSA) is 61.8 Å². The van der Waals surface area contributed by atoms with Crippen LogP contribution in [0.3, 0.4) is 0 Å². The van der Waals surface area contributed by atoms with Crippen molar-refractivity contribution >= 4 is 5.91 Å². The molecular formula is C12H24N2O3. The second-order valence-corrected chi connectivity index (χ2v) is 4.28. The predicted octanol–water partition coefficient (Wildman–Crippen LogP) is -0.0141. The SMILES string of the molecule is CCNCCC(=O)N1CCC(OCCO)CC1. The Balaban J connectivity index is 2.15. The van der Waals surface area contributed by atoms with Gasteiger partial charge >= 0.3 is 0 Å². The van der Waals surface area contributed by atoms with E-state index >= 15 is 0 Å². The van der Waals surface area contributed by atoms with Gasteiger partial charge in [-0.2, -0.15) is 0 Å².